The second-order valence-electron chi connectivity index (χ2n) is 6.99. The normalized spacial score (nSPS) is 16.8. The number of halogens is 1. The van der Waals surface area contributed by atoms with Gasteiger partial charge in [-0.25, -0.2) is 8.42 Å². The topological polar surface area (TPSA) is 75.7 Å². The molecule has 8 heteroatoms. The number of rotatable bonds is 6. The van der Waals surface area contributed by atoms with Crippen LogP contribution in [0.1, 0.15) is 22.3 Å². The second-order valence-corrected chi connectivity index (χ2v) is 9.56. The van der Waals surface area contributed by atoms with Crippen LogP contribution in [0.2, 0.25) is 5.02 Å². The van der Waals surface area contributed by atoms with Gasteiger partial charge >= 0.3 is 0 Å². The van der Waals surface area contributed by atoms with Gasteiger partial charge in [0, 0.05) is 36.0 Å². The zero-order chi connectivity index (χ0) is 20.3. The lowest BCUT2D eigenvalue weighted by molar-refractivity contribution is 0.0940. The van der Waals surface area contributed by atoms with Gasteiger partial charge in [-0.2, -0.15) is 0 Å². The maximum Gasteiger partial charge on any atom is 0.251 e. The summed E-state index contributed by atoms with van der Waals surface area (Å²) in [5.41, 5.74) is 2.09. The van der Waals surface area contributed by atoms with Crippen LogP contribution in [0.4, 0.5) is 5.69 Å². The monoisotopic (exact) mass is 422 g/mol. The Balaban J connectivity index is 1.62. The molecule has 1 fully saturated rings. The fourth-order valence-corrected chi connectivity index (χ4v) is 4.30. The number of hydrogen-bond acceptors (Lipinski definition) is 5. The minimum atomic E-state index is -3.10. The molecule has 0 spiro atoms. The molecule has 28 heavy (non-hydrogen) atoms. The number of methoxy groups -OCH3 is 1. The third-order valence-corrected chi connectivity index (χ3v) is 5.74. The molecule has 1 aliphatic rings. The number of carbonyl (C=O) groups excluding carboxylic acids is 1. The number of ether oxygens (including phenoxy) is 1. The summed E-state index contributed by atoms with van der Waals surface area (Å²) < 4.78 is 28.1. The third kappa shape index (κ3) is 5.17. The van der Waals surface area contributed by atoms with Crippen LogP contribution in [0, 0.1) is 0 Å². The lowest BCUT2D eigenvalue weighted by Gasteiger charge is -2.21. The van der Waals surface area contributed by atoms with Crippen molar-refractivity contribution in [2.75, 3.05) is 31.4 Å². The Labute approximate surface area is 170 Å². The molecule has 6 nitrogen and oxygen atoms in total. The molecule has 0 saturated carbocycles. The number of sulfone groups is 1. The van der Waals surface area contributed by atoms with Gasteiger partial charge in [0.2, 0.25) is 0 Å². The van der Waals surface area contributed by atoms with Crippen molar-refractivity contribution in [3.63, 3.8) is 0 Å². The summed E-state index contributed by atoms with van der Waals surface area (Å²) in [4.78, 5) is 14.7. The average Bonchev–Trinajstić information content (AvgIpc) is 3.09. The Morgan fingerprint density at radius 1 is 1.25 bits per heavy atom. The molecule has 1 heterocycles. The predicted molar refractivity (Wildman–Crippen MR) is 111 cm³/mol. The molecule has 0 aromatic heterocycles. The highest BCUT2D eigenvalue weighted by atomic mass is 35.5. The summed E-state index contributed by atoms with van der Waals surface area (Å²) in [6.45, 7) is 1.45. The van der Waals surface area contributed by atoms with Gasteiger partial charge in [-0.05, 0) is 42.3 Å². The van der Waals surface area contributed by atoms with E-state index >= 15 is 0 Å². The van der Waals surface area contributed by atoms with Crippen LogP contribution in [0.3, 0.4) is 0 Å². The highest BCUT2D eigenvalue weighted by Gasteiger charge is 2.26. The van der Waals surface area contributed by atoms with E-state index in [1.54, 1.807) is 37.4 Å². The van der Waals surface area contributed by atoms with Gasteiger partial charge in [-0.1, -0.05) is 23.7 Å². The first-order chi connectivity index (χ1) is 13.2. The smallest absolute Gasteiger partial charge is 0.251 e. The lowest BCUT2D eigenvalue weighted by Crippen LogP contribution is -2.37. The van der Waals surface area contributed by atoms with Gasteiger partial charge in [0.15, 0.2) is 9.84 Å². The van der Waals surface area contributed by atoms with Crippen LogP contribution in [-0.4, -0.2) is 46.8 Å². The van der Waals surface area contributed by atoms with E-state index < -0.39 is 9.84 Å². The van der Waals surface area contributed by atoms with Crippen LogP contribution in [0.5, 0.6) is 5.75 Å². The molecule has 1 unspecified atom stereocenters. The van der Waals surface area contributed by atoms with Crippen molar-refractivity contribution in [1.29, 1.82) is 0 Å². The number of nitrogens with zero attached hydrogens (tertiary/aromatic N) is 1. The molecule has 1 amide bonds. The Kier molecular flexibility index (Phi) is 6.15. The number of nitrogens with one attached hydrogen (secondary N) is 1. The molecular weight excluding hydrogens is 400 g/mol. The van der Waals surface area contributed by atoms with Gasteiger partial charge in [0.1, 0.15) is 5.75 Å². The van der Waals surface area contributed by atoms with Gasteiger partial charge in [-0.15, -0.1) is 0 Å². The van der Waals surface area contributed by atoms with Crippen LogP contribution in [-0.2, 0) is 15.6 Å². The molecule has 1 N–H and O–H groups in total. The largest absolute Gasteiger partial charge is 0.495 e. The number of anilines is 1. The number of amides is 1. The van der Waals surface area contributed by atoms with E-state index in [0.717, 1.165) is 24.4 Å². The van der Waals surface area contributed by atoms with Crippen molar-refractivity contribution in [2.45, 2.75) is 18.2 Å². The first-order valence-electron chi connectivity index (χ1n) is 8.91. The molecule has 150 valence electrons. The minimum Gasteiger partial charge on any atom is -0.495 e. The summed E-state index contributed by atoms with van der Waals surface area (Å²) in [7, 11) is -1.48. The van der Waals surface area contributed by atoms with Gasteiger partial charge in [0.25, 0.3) is 5.91 Å². The highest BCUT2D eigenvalue weighted by Crippen LogP contribution is 2.33. The number of carbonyl (C=O) groups is 1. The predicted octanol–water partition coefficient (Wildman–Crippen LogP) is 2.90. The molecule has 2 aromatic carbocycles. The summed E-state index contributed by atoms with van der Waals surface area (Å²) in [6.07, 6.45) is 2.00. The van der Waals surface area contributed by atoms with Crippen molar-refractivity contribution in [3.8, 4) is 5.75 Å². The molecular formula is C20H23ClN2O4S. The standard InChI is InChI=1S/C20H23ClN2O4S/c1-27-19-8-7-16(21)11-18(19)23-10-9-17(12-23)22-20(24)15-5-3-14(4-6-15)13-28(2,25)26/h3-8,11,17H,9-10,12-13H2,1-2H3,(H,22,24). The van der Waals surface area contributed by atoms with Gasteiger partial charge < -0.3 is 15.0 Å². The molecule has 0 aliphatic carbocycles. The Morgan fingerprint density at radius 2 is 1.96 bits per heavy atom. The fraction of sp³-hybridized carbons (Fsp3) is 0.350. The van der Waals surface area contributed by atoms with E-state index in [9.17, 15) is 13.2 Å². The molecule has 0 radical (unpaired) electrons. The van der Waals surface area contributed by atoms with Crippen molar-refractivity contribution in [2.24, 2.45) is 0 Å². The highest BCUT2D eigenvalue weighted by molar-refractivity contribution is 7.89. The summed E-state index contributed by atoms with van der Waals surface area (Å²) in [5.74, 6) is 0.544. The molecule has 0 bridgehead atoms. The molecule has 1 atom stereocenters. The summed E-state index contributed by atoms with van der Waals surface area (Å²) in [5, 5.41) is 3.68. The van der Waals surface area contributed by atoms with Crippen molar-refractivity contribution in [1.82, 2.24) is 5.32 Å². The Hall–Kier alpha value is -2.25. The van der Waals surface area contributed by atoms with Crippen LogP contribution in [0.15, 0.2) is 42.5 Å². The van der Waals surface area contributed by atoms with Gasteiger partial charge in [0.05, 0.1) is 18.6 Å². The van der Waals surface area contributed by atoms with Crippen LogP contribution >= 0.6 is 11.6 Å². The number of benzene rings is 2. The zero-order valence-electron chi connectivity index (χ0n) is 15.8. The maximum absolute atomic E-state index is 12.5. The third-order valence-electron chi connectivity index (χ3n) is 4.65. The van der Waals surface area contributed by atoms with Crippen LogP contribution in [0.25, 0.3) is 0 Å². The Morgan fingerprint density at radius 3 is 2.61 bits per heavy atom. The minimum absolute atomic E-state index is 0.00637. The molecule has 3 rings (SSSR count). The van der Waals surface area contributed by atoms with E-state index in [1.807, 2.05) is 12.1 Å². The van der Waals surface area contributed by atoms with Crippen molar-refractivity contribution in [3.05, 3.63) is 58.6 Å². The first kappa shape index (κ1) is 20.5. The molecule has 1 saturated heterocycles. The van der Waals surface area contributed by atoms with Crippen molar-refractivity contribution < 1.29 is 17.9 Å². The summed E-state index contributed by atoms with van der Waals surface area (Å²) in [6, 6.07) is 12.2. The van der Waals surface area contributed by atoms with E-state index in [-0.39, 0.29) is 17.7 Å². The molecule has 1 aliphatic heterocycles. The zero-order valence-corrected chi connectivity index (χ0v) is 17.4. The van der Waals surface area contributed by atoms with E-state index in [0.29, 0.717) is 22.7 Å². The fourth-order valence-electron chi connectivity index (χ4n) is 3.33. The lowest BCUT2D eigenvalue weighted by atomic mass is 10.1. The maximum atomic E-state index is 12.5. The summed E-state index contributed by atoms with van der Waals surface area (Å²) >= 11 is 6.12. The van der Waals surface area contributed by atoms with Gasteiger partial charge in [-0.3, -0.25) is 4.79 Å². The van der Waals surface area contributed by atoms with Crippen molar-refractivity contribution >= 4 is 33.0 Å². The van der Waals surface area contributed by atoms with Crippen LogP contribution < -0.4 is 15.0 Å². The van der Waals surface area contributed by atoms with E-state index in [4.69, 9.17) is 16.3 Å². The first-order valence-corrected chi connectivity index (χ1v) is 11.3. The number of hydrogen-bond donors (Lipinski definition) is 1. The van der Waals surface area contributed by atoms with E-state index in [2.05, 4.69) is 10.2 Å². The quantitative estimate of drug-likeness (QED) is 0.774. The molecule has 2 aromatic rings. The van der Waals surface area contributed by atoms with E-state index in [1.165, 1.54) is 6.26 Å². The Bertz CT molecular complexity index is 961. The average molecular weight is 423 g/mol. The SMILES string of the molecule is COc1ccc(Cl)cc1N1CCC(NC(=O)c2ccc(CS(C)(=O)=O)cc2)C1. The second kappa shape index (κ2) is 8.41.